The highest BCUT2D eigenvalue weighted by molar-refractivity contribution is 14.1. The Morgan fingerprint density at radius 1 is 1.21 bits per heavy atom. The predicted molar refractivity (Wildman–Crippen MR) is 82.9 cm³/mol. The van der Waals surface area contributed by atoms with Crippen molar-refractivity contribution < 1.29 is 9.84 Å². The number of phenols is 1. The number of phenolic OH excluding ortho intramolecular Hbond substituents is 1. The molecule has 1 aromatic rings. The average molecular weight is 528 g/mol. The van der Waals surface area contributed by atoms with Gasteiger partial charge in [0.05, 0.1) is 14.3 Å². The zero-order chi connectivity index (χ0) is 10.9. The van der Waals surface area contributed by atoms with Gasteiger partial charge in [0.25, 0.3) is 0 Å². The monoisotopic (exact) mass is 528 g/mol. The normalized spacial score (nSPS) is 10.0. The minimum Gasteiger partial charge on any atom is -0.503 e. The van der Waals surface area contributed by atoms with Gasteiger partial charge in [0.1, 0.15) is 0 Å². The zero-order valence-corrected chi connectivity index (χ0v) is 13.7. The van der Waals surface area contributed by atoms with E-state index >= 15 is 0 Å². The molecule has 0 aromatic heterocycles. The van der Waals surface area contributed by atoms with Crippen molar-refractivity contribution in [2.75, 3.05) is 7.11 Å². The van der Waals surface area contributed by atoms with Crippen LogP contribution in [0.3, 0.4) is 0 Å². The lowest BCUT2D eigenvalue weighted by Crippen LogP contribution is -1.96. The van der Waals surface area contributed by atoms with E-state index in [-0.39, 0.29) is 5.75 Å². The number of aromatic hydroxyl groups is 1. The van der Waals surface area contributed by atoms with Gasteiger partial charge in [-0.2, -0.15) is 0 Å². The van der Waals surface area contributed by atoms with Crippen LogP contribution < -0.4 is 4.74 Å². The van der Waals surface area contributed by atoms with Crippen LogP contribution in [0.15, 0.2) is 6.58 Å². The molecule has 0 saturated carbocycles. The molecular formula is C9H7I3O2. The number of halogens is 3. The molecule has 0 atom stereocenters. The van der Waals surface area contributed by atoms with Gasteiger partial charge in [-0.1, -0.05) is 12.7 Å². The minimum atomic E-state index is 0.188. The Morgan fingerprint density at radius 2 is 1.79 bits per heavy atom. The largest absolute Gasteiger partial charge is 0.503 e. The van der Waals surface area contributed by atoms with Crippen LogP contribution in [-0.2, 0) is 0 Å². The summed E-state index contributed by atoms with van der Waals surface area (Å²) in [7, 11) is 1.55. The standard InChI is InChI=1S/C9H7I3O2/c1-3-4-5(10)7(12)9(14-2)8(13)6(4)11/h3,13H,1H2,2H3. The number of rotatable bonds is 2. The van der Waals surface area contributed by atoms with E-state index in [0.29, 0.717) is 5.75 Å². The van der Waals surface area contributed by atoms with Gasteiger partial charge >= 0.3 is 0 Å². The van der Waals surface area contributed by atoms with Crippen molar-refractivity contribution in [3.05, 3.63) is 22.9 Å². The molecule has 0 unspecified atom stereocenters. The molecule has 0 spiro atoms. The van der Waals surface area contributed by atoms with Crippen LogP contribution in [0.2, 0.25) is 0 Å². The van der Waals surface area contributed by atoms with Crippen molar-refractivity contribution in [3.8, 4) is 11.5 Å². The van der Waals surface area contributed by atoms with Crippen molar-refractivity contribution in [1.82, 2.24) is 0 Å². The van der Waals surface area contributed by atoms with E-state index in [2.05, 4.69) is 74.4 Å². The Morgan fingerprint density at radius 3 is 2.21 bits per heavy atom. The molecular weight excluding hydrogens is 521 g/mol. The summed E-state index contributed by atoms with van der Waals surface area (Å²) in [6.45, 7) is 3.73. The highest BCUT2D eigenvalue weighted by atomic mass is 127. The highest BCUT2D eigenvalue weighted by Crippen LogP contribution is 2.41. The molecule has 0 amide bonds. The van der Waals surface area contributed by atoms with Crippen molar-refractivity contribution in [3.63, 3.8) is 0 Å². The molecule has 76 valence electrons. The van der Waals surface area contributed by atoms with E-state index in [1.807, 2.05) is 0 Å². The first kappa shape index (κ1) is 12.8. The molecule has 0 fully saturated rings. The minimum absolute atomic E-state index is 0.188. The molecule has 0 radical (unpaired) electrons. The van der Waals surface area contributed by atoms with Gasteiger partial charge in [0.15, 0.2) is 11.5 Å². The topological polar surface area (TPSA) is 29.5 Å². The van der Waals surface area contributed by atoms with Crippen LogP contribution in [0.4, 0.5) is 0 Å². The second-order valence-corrected chi connectivity index (χ2v) is 5.68. The average Bonchev–Trinajstić information content (AvgIpc) is 2.17. The van der Waals surface area contributed by atoms with Crippen LogP contribution in [0.5, 0.6) is 11.5 Å². The summed E-state index contributed by atoms with van der Waals surface area (Å²) in [6, 6.07) is 0. The number of hydrogen-bond acceptors (Lipinski definition) is 2. The Labute approximate surface area is 124 Å². The Bertz CT molecular complexity index is 359. The third-order valence-corrected chi connectivity index (χ3v) is 5.97. The fraction of sp³-hybridized carbons (Fsp3) is 0.111. The molecule has 1 rings (SSSR count). The number of ether oxygens (including phenoxy) is 1. The van der Waals surface area contributed by atoms with E-state index < -0.39 is 0 Å². The van der Waals surface area contributed by atoms with Crippen molar-refractivity contribution in [2.24, 2.45) is 0 Å². The fourth-order valence-electron chi connectivity index (χ4n) is 1.01. The van der Waals surface area contributed by atoms with Crippen LogP contribution in [0.25, 0.3) is 6.08 Å². The van der Waals surface area contributed by atoms with Gasteiger partial charge in [-0.05, 0) is 67.8 Å². The lowest BCUT2D eigenvalue weighted by molar-refractivity contribution is 0.368. The smallest absolute Gasteiger partial charge is 0.176 e. The summed E-state index contributed by atoms with van der Waals surface area (Å²) < 4.78 is 7.88. The first-order valence-corrected chi connectivity index (χ1v) is 6.84. The summed E-state index contributed by atoms with van der Waals surface area (Å²) in [4.78, 5) is 0. The molecule has 0 bridgehead atoms. The zero-order valence-electron chi connectivity index (χ0n) is 7.27. The van der Waals surface area contributed by atoms with E-state index in [1.165, 1.54) is 0 Å². The lowest BCUT2D eigenvalue weighted by Gasteiger charge is -2.12. The van der Waals surface area contributed by atoms with Gasteiger partial charge < -0.3 is 9.84 Å². The van der Waals surface area contributed by atoms with E-state index in [4.69, 9.17) is 4.74 Å². The summed E-state index contributed by atoms with van der Waals surface area (Å²) in [5.41, 5.74) is 0.953. The predicted octanol–water partition coefficient (Wildman–Crippen LogP) is 3.86. The van der Waals surface area contributed by atoms with E-state index in [0.717, 1.165) is 16.3 Å². The first-order valence-electron chi connectivity index (χ1n) is 3.60. The van der Waals surface area contributed by atoms with Crippen LogP contribution >= 0.6 is 67.8 Å². The maximum Gasteiger partial charge on any atom is 0.176 e. The molecule has 14 heavy (non-hydrogen) atoms. The number of methoxy groups -OCH3 is 1. The molecule has 0 heterocycles. The Kier molecular flexibility index (Phi) is 4.75. The SMILES string of the molecule is C=Cc1c(I)c(O)c(OC)c(I)c1I. The maximum absolute atomic E-state index is 9.83. The third-order valence-electron chi connectivity index (χ3n) is 1.70. The van der Waals surface area contributed by atoms with Crippen molar-refractivity contribution >= 4 is 73.8 Å². The molecule has 0 saturated heterocycles. The number of benzene rings is 1. The summed E-state index contributed by atoms with van der Waals surface area (Å²) >= 11 is 6.46. The molecule has 0 aliphatic heterocycles. The molecule has 0 aliphatic carbocycles. The van der Waals surface area contributed by atoms with Gasteiger partial charge in [0.2, 0.25) is 0 Å². The maximum atomic E-state index is 9.83. The van der Waals surface area contributed by atoms with Gasteiger partial charge in [-0.15, -0.1) is 0 Å². The Balaban J connectivity index is 3.63. The van der Waals surface area contributed by atoms with E-state index in [9.17, 15) is 5.11 Å². The molecule has 2 nitrogen and oxygen atoms in total. The molecule has 1 N–H and O–H groups in total. The van der Waals surface area contributed by atoms with Crippen molar-refractivity contribution in [2.45, 2.75) is 0 Å². The quantitative estimate of drug-likeness (QED) is 0.468. The van der Waals surface area contributed by atoms with Crippen molar-refractivity contribution in [1.29, 1.82) is 0 Å². The second kappa shape index (κ2) is 5.19. The third kappa shape index (κ3) is 2.13. The number of hydrogen-bond donors (Lipinski definition) is 1. The van der Waals surface area contributed by atoms with Gasteiger partial charge in [0, 0.05) is 9.13 Å². The van der Waals surface area contributed by atoms with E-state index in [1.54, 1.807) is 13.2 Å². The van der Waals surface area contributed by atoms with Crippen LogP contribution in [0, 0.1) is 10.7 Å². The van der Waals surface area contributed by atoms with Crippen LogP contribution in [0.1, 0.15) is 5.56 Å². The fourth-order valence-corrected chi connectivity index (χ4v) is 3.76. The first-order chi connectivity index (χ1) is 6.54. The second-order valence-electron chi connectivity index (χ2n) is 2.44. The molecule has 0 aliphatic rings. The van der Waals surface area contributed by atoms with Gasteiger partial charge in [-0.3, -0.25) is 0 Å². The van der Waals surface area contributed by atoms with Crippen LogP contribution in [-0.4, -0.2) is 12.2 Å². The summed E-state index contributed by atoms with van der Waals surface area (Å²) in [5, 5.41) is 9.83. The summed E-state index contributed by atoms with van der Waals surface area (Å²) in [5.74, 6) is 0.720. The lowest BCUT2D eigenvalue weighted by atomic mass is 10.2. The molecule has 5 heteroatoms. The van der Waals surface area contributed by atoms with Gasteiger partial charge in [-0.25, -0.2) is 0 Å². The highest BCUT2D eigenvalue weighted by Gasteiger charge is 2.18. The summed E-state index contributed by atoms with van der Waals surface area (Å²) in [6.07, 6.45) is 1.74. The molecule has 1 aromatic carbocycles. The Hall–Kier alpha value is 0.750.